The molecule has 0 fully saturated rings. The van der Waals surface area contributed by atoms with Crippen LogP contribution in [0.1, 0.15) is 0 Å². The van der Waals surface area contributed by atoms with Crippen LogP contribution in [-0.2, 0) is 10.0 Å². The van der Waals surface area contributed by atoms with Crippen LogP contribution in [0.4, 0.5) is 14.5 Å². The van der Waals surface area contributed by atoms with Crippen LogP contribution >= 0.6 is 11.6 Å². The van der Waals surface area contributed by atoms with E-state index in [1.54, 1.807) is 0 Å². The van der Waals surface area contributed by atoms with Gasteiger partial charge in [-0.15, -0.1) is 0 Å². The summed E-state index contributed by atoms with van der Waals surface area (Å²) in [5.74, 6) is 0.134. The Kier molecular flexibility index (Phi) is 4.94. The van der Waals surface area contributed by atoms with Crippen LogP contribution in [0, 0.1) is 0 Å². The van der Waals surface area contributed by atoms with E-state index in [0.717, 1.165) is 0 Å². The fourth-order valence-electron chi connectivity index (χ4n) is 1.50. The lowest BCUT2D eigenvalue weighted by molar-refractivity contribution is 0.365. The maximum atomic E-state index is 12.1. The first-order valence-electron chi connectivity index (χ1n) is 5.80. The third-order valence-electron chi connectivity index (χ3n) is 2.41. The Morgan fingerprint density at radius 2 is 1.91 bits per heavy atom. The van der Waals surface area contributed by atoms with Crippen LogP contribution in [0.5, 0.6) is 5.75 Å². The Hall–Kier alpha value is -2.19. The molecular formula is C13H9ClF2N2O3S. The summed E-state index contributed by atoms with van der Waals surface area (Å²) in [6, 6.07) is 8.14. The van der Waals surface area contributed by atoms with Crippen LogP contribution in [0.2, 0.25) is 5.15 Å². The van der Waals surface area contributed by atoms with Gasteiger partial charge in [-0.3, -0.25) is 4.72 Å². The van der Waals surface area contributed by atoms with Crippen molar-refractivity contribution in [3.05, 3.63) is 60.1 Å². The molecule has 0 aliphatic rings. The molecule has 0 atom stereocenters. The average molecular weight is 347 g/mol. The van der Waals surface area contributed by atoms with Gasteiger partial charge in [-0.25, -0.2) is 13.4 Å². The highest BCUT2D eigenvalue weighted by atomic mass is 35.5. The average Bonchev–Trinajstić information content (AvgIpc) is 2.46. The molecular weight excluding hydrogens is 338 g/mol. The van der Waals surface area contributed by atoms with Gasteiger partial charge in [0, 0.05) is 11.9 Å². The second kappa shape index (κ2) is 6.71. The number of rotatable bonds is 5. The van der Waals surface area contributed by atoms with E-state index < -0.39 is 16.1 Å². The monoisotopic (exact) mass is 346 g/mol. The van der Waals surface area contributed by atoms with E-state index in [4.69, 9.17) is 11.6 Å². The molecule has 0 saturated carbocycles. The summed E-state index contributed by atoms with van der Waals surface area (Å²) in [4.78, 5) is 3.52. The number of hydrogen-bond donors (Lipinski definition) is 1. The van der Waals surface area contributed by atoms with E-state index in [1.165, 1.54) is 42.6 Å². The van der Waals surface area contributed by atoms with E-state index in [9.17, 15) is 17.2 Å². The van der Waals surface area contributed by atoms with Crippen molar-refractivity contribution in [3.63, 3.8) is 0 Å². The van der Waals surface area contributed by atoms with Crippen LogP contribution in [-0.4, -0.2) is 13.4 Å². The molecule has 116 valence electrons. The third-order valence-corrected chi connectivity index (χ3v) is 4.23. The molecule has 0 saturated heterocycles. The first-order valence-corrected chi connectivity index (χ1v) is 7.66. The summed E-state index contributed by atoms with van der Waals surface area (Å²) in [7, 11) is -3.90. The first-order chi connectivity index (χ1) is 10.4. The van der Waals surface area contributed by atoms with Crippen molar-refractivity contribution in [3.8, 4) is 5.75 Å². The number of pyridine rings is 1. The SMILES string of the molecule is O=S(=O)(Nc1ccc(OC=C(F)F)cc1)c1cccnc1Cl. The Balaban J connectivity index is 2.17. The Labute approximate surface area is 130 Å². The molecule has 0 spiro atoms. The molecule has 9 heteroatoms. The molecule has 1 N–H and O–H groups in total. The number of anilines is 1. The van der Waals surface area contributed by atoms with Gasteiger partial charge in [-0.1, -0.05) is 11.6 Å². The minimum absolute atomic E-state index is 0.134. The molecule has 1 aromatic carbocycles. The van der Waals surface area contributed by atoms with Gasteiger partial charge in [0.2, 0.25) is 0 Å². The lowest BCUT2D eigenvalue weighted by atomic mass is 10.3. The summed E-state index contributed by atoms with van der Waals surface area (Å²) in [6.07, 6.45) is -0.324. The van der Waals surface area contributed by atoms with Gasteiger partial charge in [-0.2, -0.15) is 8.78 Å². The zero-order valence-electron chi connectivity index (χ0n) is 10.8. The minimum Gasteiger partial charge on any atom is -0.459 e. The van der Waals surface area contributed by atoms with Crippen molar-refractivity contribution in [1.82, 2.24) is 4.98 Å². The predicted molar refractivity (Wildman–Crippen MR) is 77.4 cm³/mol. The first kappa shape index (κ1) is 16.2. The highest BCUT2D eigenvalue weighted by molar-refractivity contribution is 7.92. The number of hydrogen-bond acceptors (Lipinski definition) is 4. The maximum absolute atomic E-state index is 12.1. The summed E-state index contributed by atoms with van der Waals surface area (Å²) in [5, 5.41) is -0.154. The van der Waals surface area contributed by atoms with Crippen molar-refractivity contribution < 1.29 is 21.9 Å². The van der Waals surface area contributed by atoms with Gasteiger partial charge in [-0.05, 0) is 36.4 Å². The van der Waals surface area contributed by atoms with Crippen LogP contribution < -0.4 is 9.46 Å². The number of sulfonamides is 1. The van der Waals surface area contributed by atoms with Gasteiger partial charge in [0.05, 0.1) is 0 Å². The molecule has 1 heterocycles. The van der Waals surface area contributed by atoms with Gasteiger partial charge >= 0.3 is 6.08 Å². The van der Waals surface area contributed by atoms with Crippen LogP contribution in [0.25, 0.3) is 0 Å². The third kappa shape index (κ3) is 4.15. The number of halogens is 3. The Morgan fingerprint density at radius 1 is 1.23 bits per heavy atom. The van der Waals surface area contributed by atoms with Gasteiger partial charge in [0.25, 0.3) is 10.0 Å². The predicted octanol–water partition coefficient (Wildman–Crippen LogP) is 3.65. The lowest BCUT2D eigenvalue weighted by Crippen LogP contribution is -2.13. The number of nitrogens with zero attached hydrogens (tertiary/aromatic N) is 1. The molecule has 0 unspecified atom stereocenters. The topological polar surface area (TPSA) is 68.3 Å². The zero-order valence-corrected chi connectivity index (χ0v) is 12.4. The zero-order chi connectivity index (χ0) is 16.2. The van der Waals surface area contributed by atoms with Gasteiger partial charge < -0.3 is 4.74 Å². The summed E-state index contributed by atoms with van der Waals surface area (Å²) in [5.41, 5.74) is 0.219. The standard InChI is InChI=1S/C13H9ClF2N2O3S/c14-13-11(2-1-7-17-13)22(19,20)18-9-3-5-10(6-4-9)21-8-12(15)16/h1-8,18H. The second-order valence-electron chi connectivity index (χ2n) is 3.95. The highest BCUT2D eigenvalue weighted by Crippen LogP contribution is 2.23. The van der Waals surface area contributed by atoms with Crippen molar-refractivity contribution in [2.24, 2.45) is 0 Å². The molecule has 0 amide bonds. The van der Waals surface area contributed by atoms with Crippen molar-refractivity contribution in [2.45, 2.75) is 4.90 Å². The van der Waals surface area contributed by atoms with Gasteiger partial charge in [0.1, 0.15) is 15.8 Å². The van der Waals surface area contributed by atoms with Crippen LogP contribution in [0.15, 0.2) is 59.8 Å². The van der Waals surface area contributed by atoms with Crippen LogP contribution in [0.3, 0.4) is 0 Å². The molecule has 22 heavy (non-hydrogen) atoms. The molecule has 5 nitrogen and oxygen atoms in total. The second-order valence-corrected chi connectivity index (χ2v) is 5.96. The Bertz CT molecular complexity index is 791. The summed E-state index contributed by atoms with van der Waals surface area (Å²) in [6.45, 7) is 0. The number of nitrogens with one attached hydrogen (secondary N) is 1. The Morgan fingerprint density at radius 3 is 2.50 bits per heavy atom. The fourth-order valence-corrected chi connectivity index (χ4v) is 3.01. The molecule has 2 aromatic rings. The highest BCUT2D eigenvalue weighted by Gasteiger charge is 2.18. The fraction of sp³-hybridized carbons (Fsp3) is 0. The number of aromatic nitrogens is 1. The van der Waals surface area contributed by atoms with Crippen molar-refractivity contribution >= 4 is 27.3 Å². The van der Waals surface area contributed by atoms with E-state index in [1.807, 2.05) is 0 Å². The van der Waals surface area contributed by atoms with E-state index in [-0.39, 0.29) is 27.7 Å². The molecule has 2 rings (SSSR count). The van der Waals surface area contributed by atoms with E-state index in [2.05, 4.69) is 14.4 Å². The summed E-state index contributed by atoms with van der Waals surface area (Å²) >= 11 is 5.74. The smallest absolute Gasteiger partial charge is 0.305 e. The van der Waals surface area contributed by atoms with Gasteiger partial charge in [0.15, 0.2) is 6.26 Å². The normalized spacial score (nSPS) is 10.9. The maximum Gasteiger partial charge on any atom is 0.305 e. The molecule has 0 radical (unpaired) electrons. The van der Waals surface area contributed by atoms with Crippen molar-refractivity contribution in [2.75, 3.05) is 4.72 Å². The van der Waals surface area contributed by atoms with E-state index >= 15 is 0 Å². The number of ether oxygens (including phenoxy) is 1. The molecule has 1 aromatic heterocycles. The lowest BCUT2D eigenvalue weighted by Gasteiger charge is -2.09. The minimum atomic E-state index is -3.90. The van der Waals surface area contributed by atoms with E-state index in [0.29, 0.717) is 0 Å². The molecule has 0 aliphatic heterocycles. The molecule has 0 bridgehead atoms. The van der Waals surface area contributed by atoms with Crippen molar-refractivity contribution in [1.29, 1.82) is 0 Å². The largest absolute Gasteiger partial charge is 0.459 e. The number of benzene rings is 1. The summed E-state index contributed by atoms with van der Waals surface area (Å²) < 4.78 is 55.0. The quantitative estimate of drug-likeness (QED) is 0.662. The molecule has 0 aliphatic carbocycles.